The van der Waals surface area contributed by atoms with Gasteiger partial charge in [-0.2, -0.15) is 0 Å². The second-order valence-corrected chi connectivity index (χ2v) is 6.44. The van der Waals surface area contributed by atoms with Gasteiger partial charge in [-0.3, -0.25) is 14.5 Å². The number of carbonyl (C=O) groups excluding carboxylic acids is 2. The Kier molecular flexibility index (Phi) is 6.01. The number of aromatic nitrogens is 2. The topological polar surface area (TPSA) is 70.5 Å². The van der Waals surface area contributed by atoms with Gasteiger partial charge in [0.1, 0.15) is 5.82 Å². The number of carbonyl (C=O) groups is 2. The van der Waals surface area contributed by atoms with E-state index < -0.39 is 0 Å². The summed E-state index contributed by atoms with van der Waals surface area (Å²) in [7, 11) is 0. The zero-order chi connectivity index (χ0) is 18.4. The molecule has 0 saturated carbocycles. The Morgan fingerprint density at radius 3 is 2.46 bits per heavy atom. The van der Waals surface area contributed by atoms with E-state index in [0.29, 0.717) is 18.7 Å². The lowest BCUT2D eigenvalue weighted by Gasteiger charge is -2.34. The minimum atomic E-state index is -0.215. The molecule has 1 saturated heterocycles. The van der Waals surface area contributed by atoms with Crippen molar-refractivity contribution in [1.82, 2.24) is 24.7 Å². The number of nitrogens with zero attached hydrogens (tertiary/aromatic N) is 4. The number of amides is 2. The Morgan fingerprint density at radius 1 is 1.08 bits per heavy atom. The summed E-state index contributed by atoms with van der Waals surface area (Å²) in [5.41, 5.74) is 0.569. The molecular formula is C19H25N5O2. The van der Waals surface area contributed by atoms with Crippen LogP contribution in [0.25, 0.3) is 0 Å². The largest absolute Gasteiger partial charge is 0.343 e. The highest BCUT2D eigenvalue weighted by Gasteiger charge is 2.21. The van der Waals surface area contributed by atoms with Gasteiger partial charge in [-0.15, -0.1) is 0 Å². The lowest BCUT2D eigenvalue weighted by atomic mass is 10.2. The molecule has 0 spiro atoms. The molecule has 0 atom stereocenters. The Balaban J connectivity index is 1.38. The van der Waals surface area contributed by atoms with Crippen molar-refractivity contribution in [2.24, 2.45) is 0 Å². The first-order valence-corrected chi connectivity index (χ1v) is 8.94. The molecule has 138 valence electrons. The predicted molar refractivity (Wildman–Crippen MR) is 98.8 cm³/mol. The Bertz CT molecular complexity index is 735. The van der Waals surface area contributed by atoms with E-state index in [1.54, 1.807) is 24.3 Å². The van der Waals surface area contributed by atoms with E-state index in [-0.39, 0.29) is 18.4 Å². The molecule has 2 heterocycles. The molecule has 1 fully saturated rings. The molecule has 0 aliphatic carbocycles. The molecule has 1 aliphatic rings. The van der Waals surface area contributed by atoms with E-state index in [9.17, 15) is 9.59 Å². The fraction of sp³-hybridized carbons (Fsp3) is 0.421. The summed E-state index contributed by atoms with van der Waals surface area (Å²) >= 11 is 0. The van der Waals surface area contributed by atoms with Crippen molar-refractivity contribution < 1.29 is 9.59 Å². The fourth-order valence-electron chi connectivity index (χ4n) is 3.07. The van der Waals surface area contributed by atoms with Crippen molar-refractivity contribution >= 4 is 11.8 Å². The van der Waals surface area contributed by atoms with Gasteiger partial charge in [0.15, 0.2) is 0 Å². The highest BCUT2D eigenvalue weighted by molar-refractivity contribution is 5.96. The van der Waals surface area contributed by atoms with E-state index in [1.165, 1.54) is 0 Å². The summed E-state index contributed by atoms with van der Waals surface area (Å²) in [6, 6.07) is 8.94. The zero-order valence-electron chi connectivity index (χ0n) is 15.1. The fourth-order valence-corrected chi connectivity index (χ4v) is 3.07. The highest BCUT2D eigenvalue weighted by Crippen LogP contribution is 2.04. The number of aryl methyl sites for hydroxylation is 1. The van der Waals surface area contributed by atoms with E-state index in [0.717, 1.165) is 32.0 Å². The van der Waals surface area contributed by atoms with E-state index >= 15 is 0 Å². The van der Waals surface area contributed by atoms with Crippen LogP contribution < -0.4 is 5.32 Å². The van der Waals surface area contributed by atoms with Crippen LogP contribution in [0.3, 0.4) is 0 Å². The molecule has 26 heavy (non-hydrogen) atoms. The maximum absolute atomic E-state index is 12.3. The number of hydrogen-bond donors (Lipinski definition) is 1. The number of rotatable bonds is 6. The lowest BCUT2D eigenvalue weighted by Crippen LogP contribution is -2.51. The molecule has 2 amide bonds. The van der Waals surface area contributed by atoms with E-state index in [1.807, 2.05) is 30.3 Å². The molecule has 0 radical (unpaired) electrons. The van der Waals surface area contributed by atoms with Gasteiger partial charge in [0.05, 0.1) is 6.54 Å². The summed E-state index contributed by atoms with van der Waals surface area (Å²) in [6.45, 7) is 7.00. The summed E-state index contributed by atoms with van der Waals surface area (Å²) < 4.78 is 2.14. The van der Waals surface area contributed by atoms with Crippen LogP contribution in [-0.4, -0.2) is 70.4 Å². The van der Waals surface area contributed by atoms with Crippen LogP contribution in [0.5, 0.6) is 0 Å². The predicted octanol–water partition coefficient (Wildman–Crippen LogP) is 0.766. The maximum atomic E-state index is 12.3. The third kappa shape index (κ3) is 4.70. The lowest BCUT2D eigenvalue weighted by molar-refractivity contribution is -0.131. The highest BCUT2D eigenvalue weighted by atomic mass is 16.2. The van der Waals surface area contributed by atoms with Gasteiger partial charge in [0.2, 0.25) is 5.91 Å². The van der Waals surface area contributed by atoms with Crippen molar-refractivity contribution in [3.8, 4) is 0 Å². The number of piperazine rings is 1. The first-order valence-electron chi connectivity index (χ1n) is 8.94. The second-order valence-electron chi connectivity index (χ2n) is 6.44. The van der Waals surface area contributed by atoms with Crippen LogP contribution in [0, 0.1) is 6.92 Å². The van der Waals surface area contributed by atoms with Crippen molar-refractivity contribution in [2.45, 2.75) is 13.5 Å². The Hall–Kier alpha value is -2.67. The van der Waals surface area contributed by atoms with Crippen LogP contribution in [0.2, 0.25) is 0 Å². The minimum Gasteiger partial charge on any atom is -0.343 e. The van der Waals surface area contributed by atoms with Crippen molar-refractivity contribution in [1.29, 1.82) is 0 Å². The molecule has 1 aliphatic heterocycles. The van der Waals surface area contributed by atoms with Crippen LogP contribution in [0.1, 0.15) is 16.2 Å². The molecular weight excluding hydrogens is 330 g/mol. The molecule has 0 bridgehead atoms. The van der Waals surface area contributed by atoms with Crippen molar-refractivity contribution in [2.75, 3.05) is 39.3 Å². The third-order valence-electron chi connectivity index (χ3n) is 4.74. The number of nitrogens with one attached hydrogen (secondary N) is 1. The Labute approximate surface area is 153 Å². The normalized spacial score (nSPS) is 15.0. The van der Waals surface area contributed by atoms with E-state index in [4.69, 9.17) is 0 Å². The van der Waals surface area contributed by atoms with Crippen LogP contribution >= 0.6 is 0 Å². The SMILES string of the molecule is Cc1nccn1CCN1CCN(C(=O)CNC(=O)c2ccccc2)CC1. The van der Waals surface area contributed by atoms with Crippen LogP contribution in [-0.2, 0) is 11.3 Å². The molecule has 0 unspecified atom stereocenters. The monoisotopic (exact) mass is 355 g/mol. The first-order chi connectivity index (χ1) is 12.6. The van der Waals surface area contributed by atoms with Gasteiger partial charge in [-0.1, -0.05) is 18.2 Å². The molecule has 1 aromatic carbocycles. The molecule has 3 rings (SSSR count). The summed E-state index contributed by atoms with van der Waals surface area (Å²) in [5, 5.41) is 2.70. The van der Waals surface area contributed by atoms with Gasteiger partial charge in [0.25, 0.3) is 5.91 Å². The third-order valence-corrected chi connectivity index (χ3v) is 4.74. The quantitative estimate of drug-likeness (QED) is 0.831. The molecule has 2 aromatic rings. The molecule has 7 nitrogen and oxygen atoms in total. The zero-order valence-corrected chi connectivity index (χ0v) is 15.1. The second kappa shape index (κ2) is 8.62. The van der Waals surface area contributed by atoms with Crippen LogP contribution in [0.4, 0.5) is 0 Å². The molecule has 7 heteroatoms. The van der Waals surface area contributed by atoms with Gasteiger partial charge in [-0.25, -0.2) is 4.98 Å². The summed E-state index contributed by atoms with van der Waals surface area (Å²) in [5.74, 6) is 0.778. The summed E-state index contributed by atoms with van der Waals surface area (Å²) in [6.07, 6.45) is 3.81. The van der Waals surface area contributed by atoms with Gasteiger partial charge < -0.3 is 14.8 Å². The van der Waals surface area contributed by atoms with E-state index in [2.05, 4.69) is 19.8 Å². The first kappa shape index (κ1) is 18.1. The Morgan fingerprint density at radius 2 is 1.81 bits per heavy atom. The molecule has 1 aromatic heterocycles. The van der Waals surface area contributed by atoms with Crippen molar-refractivity contribution in [3.63, 3.8) is 0 Å². The van der Waals surface area contributed by atoms with Gasteiger partial charge in [-0.05, 0) is 19.1 Å². The smallest absolute Gasteiger partial charge is 0.251 e. The average Bonchev–Trinajstić information content (AvgIpc) is 3.10. The maximum Gasteiger partial charge on any atom is 0.251 e. The minimum absolute atomic E-state index is 0.0283. The van der Waals surface area contributed by atoms with Crippen molar-refractivity contribution in [3.05, 3.63) is 54.1 Å². The number of hydrogen-bond acceptors (Lipinski definition) is 4. The standard InChI is InChI=1S/C19H25N5O2/c1-16-20-7-8-23(16)12-9-22-10-13-24(14-11-22)18(25)15-21-19(26)17-5-3-2-4-6-17/h2-8H,9-15H2,1H3,(H,21,26). The number of benzene rings is 1. The average molecular weight is 355 g/mol. The van der Waals surface area contributed by atoms with Gasteiger partial charge >= 0.3 is 0 Å². The molecule has 1 N–H and O–H groups in total. The van der Waals surface area contributed by atoms with Crippen LogP contribution in [0.15, 0.2) is 42.7 Å². The summed E-state index contributed by atoms with van der Waals surface area (Å²) in [4.78, 5) is 32.7. The van der Waals surface area contributed by atoms with Gasteiger partial charge in [0, 0.05) is 57.2 Å². The number of imidazole rings is 1.